The minimum Gasteiger partial charge on any atom is -0.359 e. The van der Waals surface area contributed by atoms with Gasteiger partial charge >= 0.3 is 14.0 Å². The molecule has 0 fully saturated rings. The highest BCUT2D eigenvalue weighted by Gasteiger charge is 2.49. The molecule has 0 N–H and O–H groups in total. The third kappa shape index (κ3) is 3.98. The molecule has 9 aromatic rings. The molecule has 0 bridgehead atoms. The Morgan fingerprint density at radius 3 is 1.17 bits per heavy atom. The molecule has 0 spiro atoms. The molecular weight excluding hydrogens is 730 g/mol. The van der Waals surface area contributed by atoms with E-state index in [4.69, 9.17) is 0 Å². The number of benzene rings is 7. The van der Waals surface area contributed by atoms with Crippen molar-refractivity contribution in [1.82, 2.24) is 8.96 Å². The van der Waals surface area contributed by atoms with Crippen LogP contribution in [0.2, 0.25) is 0 Å². The molecule has 0 atom stereocenters. The number of hydrogen-bond donors (Lipinski definition) is 0. The van der Waals surface area contributed by atoms with E-state index in [1.807, 2.05) is 0 Å². The van der Waals surface area contributed by atoms with Crippen molar-refractivity contribution in [2.24, 2.45) is 0 Å². The van der Waals surface area contributed by atoms with Gasteiger partial charge in [0.2, 0.25) is 0 Å². The third-order valence-corrected chi connectivity index (χ3v) is 14.9. The van der Waals surface area contributed by atoms with Crippen molar-refractivity contribution in [1.29, 1.82) is 0 Å². The Kier molecular flexibility index (Phi) is 6.40. The van der Waals surface area contributed by atoms with Gasteiger partial charge in [-0.1, -0.05) is 35.4 Å². The molecule has 60 heavy (non-hydrogen) atoms. The van der Waals surface area contributed by atoms with Gasteiger partial charge in [0.05, 0.1) is 45.2 Å². The smallest absolute Gasteiger partial charge is 0.359 e. The van der Waals surface area contributed by atoms with Gasteiger partial charge in [-0.3, -0.25) is 0 Å². The van der Waals surface area contributed by atoms with E-state index in [1.54, 1.807) is 0 Å². The molecule has 7 aromatic carbocycles. The van der Waals surface area contributed by atoms with Gasteiger partial charge in [0.25, 0.3) is 0 Å². The topological polar surface area (TPSA) is 22.8 Å². The number of aromatic nitrogens is 2. The minimum atomic E-state index is -0.103. The van der Waals surface area contributed by atoms with Crippen LogP contribution >= 0.6 is 0 Å². The lowest BCUT2D eigenvalue weighted by Crippen LogP contribution is -2.52. The van der Waals surface area contributed by atoms with Crippen LogP contribution in [-0.2, 0) is 0 Å². The largest absolute Gasteiger partial charge is 0.423 e. The normalized spacial score (nSPS) is 14.6. The number of aryl methyl sites for hydroxylation is 8. The van der Waals surface area contributed by atoms with Crippen LogP contribution in [0.4, 0.5) is 45.5 Å². The van der Waals surface area contributed by atoms with Crippen LogP contribution in [0.5, 0.6) is 0 Å². The molecule has 0 saturated heterocycles. The molecule has 0 aliphatic carbocycles. The maximum absolute atomic E-state index is 2.67. The second-order valence-corrected chi connectivity index (χ2v) is 18.5. The van der Waals surface area contributed by atoms with E-state index in [0.29, 0.717) is 0 Å². The highest BCUT2D eigenvalue weighted by Crippen LogP contribution is 2.54. The first kappa shape index (κ1) is 34.3. The Labute approximate surface area is 352 Å². The predicted molar refractivity (Wildman–Crippen MR) is 258 cm³/mol. The van der Waals surface area contributed by atoms with Crippen molar-refractivity contribution in [3.8, 4) is 0 Å². The Hall–Kier alpha value is -6.53. The zero-order valence-electron chi connectivity index (χ0n) is 36.1. The zero-order chi connectivity index (χ0) is 40.9. The van der Waals surface area contributed by atoms with Gasteiger partial charge in [-0.25, -0.2) is 0 Å². The molecule has 13 rings (SSSR count). The predicted octanol–water partition coefficient (Wildman–Crippen LogP) is 11.3. The number of nitrogens with zero attached hydrogens (tertiary/aromatic N) is 6. The fraction of sp³-hybridized carbons (Fsp3) is 0.192. The second-order valence-electron chi connectivity index (χ2n) is 18.5. The maximum atomic E-state index is 2.67. The highest BCUT2D eigenvalue weighted by molar-refractivity contribution is 6.84. The summed E-state index contributed by atoms with van der Waals surface area (Å²) in [6.07, 6.45) is 0. The molecule has 0 radical (unpaired) electrons. The monoisotopic (exact) mass is 776 g/mol. The first-order valence-electron chi connectivity index (χ1n) is 21.4. The first-order chi connectivity index (χ1) is 28.9. The molecule has 6 heterocycles. The average Bonchev–Trinajstić information content (AvgIpc) is 3.90. The average molecular weight is 777 g/mol. The van der Waals surface area contributed by atoms with E-state index in [9.17, 15) is 0 Å². The van der Waals surface area contributed by atoms with Crippen molar-refractivity contribution in [3.63, 3.8) is 0 Å². The highest BCUT2D eigenvalue weighted by atomic mass is 15.3. The quantitative estimate of drug-likeness (QED) is 0.143. The van der Waals surface area contributed by atoms with E-state index in [0.717, 1.165) is 0 Å². The van der Waals surface area contributed by atoms with Crippen LogP contribution in [0, 0.1) is 55.4 Å². The number of fused-ring (bicyclic) bond motifs is 20. The summed E-state index contributed by atoms with van der Waals surface area (Å²) in [6.45, 7) is 17.9. The van der Waals surface area contributed by atoms with Crippen LogP contribution in [0.3, 0.4) is 0 Å². The third-order valence-electron chi connectivity index (χ3n) is 14.9. The lowest BCUT2D eigenvalue weighted by molar-refractivity contribution is 1.19. The van der Waals surface area contributed by atoms with Crippen LogP contribution in [-0.4, -0.2) is 37.0 Å². The Balaban J connectivity index is 1.18. The molecule has 0 saturated carbocycles. The van der Waals surface area contributed by atoms with E-state index >= 15 is 0 Å². The summed E-state index contributed by atoms with van der Waals surface area (Å²) >= 11 is 0. The second kappa shape index (κ2) is 11.2. The number of anilines is 8. The molecule has 0 amide bonds. The molecule has 6 nitrogen and oxygen atoms in total. The Morgan fingerprint density at radius 2 is 0.750 bits per heavy atom. The van der Waals surface area contributed by atoms with Crippen molar-refractivity contribution in [2.45, 2.75) is 55.4 Å². The van der Waals surface area contributed by atoms with Crippen molar-refractivity contribution < 1.29 is 0 Å². The van der Waals surface area contributed by atoms with Crippen LogP contribution in [0.15, 0.2) is 97.1 Å². The Morgan fingerprint density at radius 1 is 0.367 bits per heavy atom. The summed E-state index contributed by atoms with van der Waals surface area (Å²) in [6, 6.07) is 38.2. The van der Waals surface area contributed by atoms with Gasteiger partial charge < -0.3 is 28.4 Å². The molecule has 290 valence electrons. The fourth-order valence-electron chi connectivity index (χ4n) is 11.8. The number of rotatable bonds is 0. The van der Waals surface area contributed by atoms with Crippen LogP contribution in [0.25, 0.3) is 43.6 Å². The SMILES string of the molecule is Cc1ccc2c(c1)N(C)c1cc3c(cc1B1N2c2cc(C)c(C)c4c5cc(C)ccc5n1c24)N(C)c1cc(C)ccc1N1B3n2c3ccc(C)cc3c3c(C)c(C)cc1c32. The molecule has 4 aliphatic rings. The molecule has 0 unspecified atom stereocenters. The molecule has 8 heteroatoms. The molecule has 4 aliphatic heterocycles. The molecular formula is C52H46B2N6. The fourth-order valence-corrected chi connectivity index (χ4v) is 11.8. The lowest BCUT2D eigenvalue weighted by Gasteiger charge is -2.29. The van der Waals surface area contributed by atoms with Gasteiger partial charge in [-0.2, -0.15) is 0 Å². The summed E-state index contributed by atoms with van der Waals surface area (Å²) < 4.78 is 5.34. The summed E-state index contributed by atoms with van der Waals surface area (Å²) in [4.78, 5) is 10.3. The standard InChI is InChI=1S/C52H46B2N6/c1-27-11-15-39-35(19-27)49-33(7)31(5)23-47-51(49)59(39)53-37-25-44-38(26-43(37)55(9)45-21-29(3)13-17-41(45)57(47)53)54-58(42-18-14-30(4)22-46(42)56(44)10)48-24-32(6)34(8)50-36-20-28(2)12-16-40(36)60(54)52(48)50/h11-26H,1-10H3. The lowest BCUT2D eigenvalue weighted by atomic mass is 9.60. The van der Waals surface area contributed by atoms with Gasteiger partial charge in [-0.15, -0.1) is 0 Å². The summed E-state index contributed by atoms with van der Waals surface area (Å²) in [5.74, 6) is 0. The first-order valence-corrected chi connectivity index (χ1v) is 21.4. The number of hydrogen-bond acceptors (Lipinski definition) is 4. The van der Waals surface area contributed by atoms with Crippen LogP contribution in [0.1, 0.15) is 44.5 Å². The van der Waals surface area contributed by atoms with Gasteiger partial charge in [0.1, 0.15) is 0 Å². The summed E-state index contributed by atoms with van der Waals surface area (Å²) in [5.41, 5.74) is 28.2. The maximum Gasteiger partial charge on any atom is 0.423 e. The van der Waals surface area contributed by atoms with E-state index < -0.39 is 0 Å². The Bertz CT molecular complexity index is 3270. The minimum absolute atomic E-state index is 0.103. The molecule has 2 aromatic heterocycles. The van der Waals surface area contributed by atoms with Crippen molar-refractivity contribution in [3.05, 3.63) is 142 Å². The van der Waals surface area contributed by atoms with Gasteiger partial charge in [0.15, 0.2) is 0 Å². The van der Waals surface area contributed by atoms with Gasteiger partial charge in [0, 0.05) is 58.0 Å². The van der Waals surface area contributed by atoms with Gasteiger partial charge in [-0.05, 0) is 172 Å². The van der Waals surface area contributed by atoms with Crippen LogP contribution < -0.4 is 30.3 Å². The van der Waals surface area contributed by atoms with E-state index in [-0.39, 0.29) is 14.0 Å². The summed E-state index contributed by atoms with van der Waals surface area (Å²) in [5, 5.41) is 5.44. The van der Waals surface area contributed by atoms with Crippen molar-refractivity contribution >= 4 is 114 Å². The van der Waals surface area contributed by atoms with E-state index in [1.165, 1.54) is 145 Å². The van der Waals surface area contributed by atoms with Crippen molar-refractivity contribution in [2.75, 3.05) is 33.5 Å². The summed E-state index contributed by atoms with van der Waals surface area (Å²) in [7, 11) is 4.58. The zero-order valence-corrected chi connectivity index (χ0v) is 36.1. The van der Waals surface area contributed by atoms with E-state index in [2.05, 4.69) is 195 Å².